The van der Waals surface area contributed by atoms with Crippen molar-refractivity contribution in [1.29, 1.82) is 0 Å². The first-order valence-corrected chi connectivity index (χ1v) is 6.47. The summed E-state index contributed by atoms with van der Waals surface area (Å²) in [7, 11) is 0. The third-order valence-corrected chi connectivity index (χ3v) is 3.26. The summed E-state index contributed by atoms with van der Waals surface area (Å²) in [6.45, 7) is -0.302. The molecule has 0 saturated carbocycles. The molecule has 1 aromatic carbocycles. The Morgan fingerprint density at radius 2 is 2.14 bits per heavy atom. The molecule has 0 spiro atoms. The normalized spacial score (nSPS) is 29.1. The zero-order chi connectivity index (χ0) is 15.2. The molecule has 8 nitrogen and oxygen atoms in total. The van der Waals surface area contributed by atoms with Crippen LogP contribution in [0.5, 0.6) is 0 Å². The van der Waals surface area contributed by atoms with Crippen LogP contribution in [0.15, 0.2) is 35.4 Å². The molecule has 1 aliphatic rings. The zero-order valence-electron chi connectivity index (χ0n) is 11.2. The second kappa shape index (κ2) is 7.05. The van der Waals surface area contributed by atoms with E-state index >= 15 is 0 Å². The van der Waals surface area contributed by atoms with E-state index < -0.39 is 31.0 Å². The number of aliphatic hydroxyl groups is 2. The van der Waals surface area contributed by atoms with Crippen molar-refractivity contribution in [1.82, 2.24) is 0 Å². The predicted octanol–water partition coefficient (Wildman–Crippen LogP) is 0.567. The van der Waals surface area contributed by atoms with Crippen molar-refractivity contribution in [3.8, 4) is 0 Å². The number of benzene rings is 1. The summed E-state index contributed by atoms with van der Waals surface area (Å²) in [6.07, 6.45) is -1.66. The third kappa shape index (κ3) is 3.71. The molecule has 0 radical (unpaired) electrons. The number of azide groups is 1. The van der Waals surface area contributed by atoms with Gasteiger partial charge in [-0.1, -0.05) is 35.4 Å². The van der Waals surface area contributed by atoms with Gasteiger partial charge in [-0.2, -0.15) is 0 Å². The van der Waals surface area contributed by atoms with Crippen molar-refractivity contribution in [2.24, 2.45) is 5.11 Å². The summed E-state index contributed by atoms with van der Waals surface area (Å²) in [5.41, 5.74) is 9.33. The molecule has 1 aromatic rings. The molecule has 0 aliphatic carbocycles. The lowest BCUT2D eigenvalue weighted by Crippen LogP contribution is -2.33. The average Bonchev–Trinajstić information content (AvgIpc) is 2.77. The van der Waals surface area contributed by atoms with Crippen LogP contribution in [0.4, 0.5) is 0 Å². The van der Waals surface area contributed by atoms with E-state index in [4.69, 9.17) is 15.4 Å². The molecular formula is C13H16N4O4. The van der Waals surface area contributed by atoms with Gasteiger partial charge in [0, 0.05) is 10.5 Å². The maximum absolute atomic E-state index is 11.9. The van der Waals surface area contributed by atoms with Crippen molar-refractivity contribution < 1.29 is 19.7 Å². The Bertz CT molecular complexity index is 544. The molecule has 1 saturated heterocycles. The molecule has 4 atom stereocenters. The van der Waals surface area contributed by atoms with Crippen LogP contribution in [0.3, 0.4) is 0 Å². The van der Waals surface area contributed by atoms with Crippen LogP contribution in [0, 0.1) is 5.21 Å². The highest BCUT2D eigenvalue weighted by Crippen LogP contribution is 2.23. The maximum Gasteiger partial charge on any atom is 0.180 e. The van der Waals surface area contributed by atoms with Crippen LogP contribution < -0.4 is 0 Å². The van der Waals surface area contributed by atoms with Gasteiger partial charge in [-0.3, -0.25) is 0 Å². The first-order chi connectivity index (χ1) is 10.2. The zero-order valence-corrected chi connectivity index (χ0v) is 11.2. The largest absolute Gasteiger partial charge is 0.624 e. The summed E-state index contributed by atoms with van der Waals surface area (Å²) in [5, 5.41) is 34.3. The van der Waals surface area contributed by atoms with Gasteiger partial charge in [-0.25, -0.2) is 4.74 Å². The number of rotatable bonds is 5. The van der Waals surface area contributed by atoms with Gasteiger partial charge in [0.25, 0.3) is 0 Å². The molecule has 8 heteroatoms. The minimum atomic E-state index is -1.14. The third-order valence-electron chi connectivity index (χ3n) is 3.26. The van der Waals surface area contributed by atoms with Gasteiger partial charge in [0.15, 0.2) is 12.8 Å². The van der Waals surface area contributed by atoms with Crippen molar-refractivity contribution in [2.45, 2.75) is 30.9 Å². The molecule has 2 N–H and O–H groups in total. The Morgan fingerprint density at radius 3 is 2.76 bits per heavy atom. The van der Waals surface area contributed by atoms with Crippen LogP contribution in [0.1, 0.15) is 5.56 Å². The van der Waals surface area contributed by atoms with E-state index in [-0.39, 0.29) is 6.54 Å². The highest BCUT2D eigenvalue weighted by Gasteiger charge is 2.43. The predicted molar refractivity (Wildman–Crippen MR) is 74.5 cm³/mol. The second-order valence-corrected chi connectivity index (χ2v) is 4.72. The summed E-state index contributed by atoms with van der Waals surface area (Å²) in [5.74, 6) is 0. The van der Waals surface area contributed by atoms with E-state index in [0.29, 0.717) is 4.74 Å². The fraction of sp³-hybridized carbons (Fsp3) is 0.462. The molecule has 1 heterocycles. The molecular weight excluding hydrogens is 276 g/mol. The Balaban J connectivity index is 2.12. The molecule has 0 amide bonds. The van der Waals surface area contributed by atoms with Gasteiger partial charge >= 0.3 is 0 Å². The smallest absolute Gasteiger partial charge is 0.180 e. The minimum Gasteiger partial charge on any atom is -0.624 e. The molecule has 0 aromatic heterocycles. The van der Waals surface area contributed by atoms with Crippen molar-refractivity contribution in [3.05, 3.63) is 51.5 Å². The number of hydrogen-bond acceptors (Lipinski definition) is 5. The Hall–Kier alpha value is -2.12. The van der Waals surface area contributed by atoms with Gasteiger partial charge in [0.1, 0.15) is 18.2 Å². The van der Waals surface area contributed by atoms with Crippen LogP contribution in [0.2, 0.25) is 0 Å². The number of aliphatic hydroxyl groups excluding tert-OH is 2. The average molecular weight is 292 g/mol. The van der Waals surface area contributed by atoms with Crippen LogP contribution >= 0.6 is 0 Å². The van der Waals surface area contributed by atoms with Crippen LogP contribution in [-0.2, 0) is 11.3 Å². The van der Waals surface area contributed by atoms with E-state index in [1.54, 1.807) is 0 Å². The lowest BCUT2D eigenvalue weighted by Gasteiger charge is -2.11. The monoisotopic (exact) mass is 292 g/mol. The quantitative estimate of drug-likeness (QED) is 0.156. The number of hydrogen-bond donors (Lipinski definition) is 2. The molecule has 1 fully saturated rings. The highest BCUT2D eigenvalue weighted by atomic mass is 16.5. The SMILES string of the molecule is [N-]=[N+]=N[C@@H]1[C@H](O)[C@@H](CO)O[C@@H]1/C=[N+](\[O-])Cc1ccccc1. The fourth-order valence-corrected chi connectivity index (χ4v) is 2.23. The van der Waals surface area contributed by atoms with Crippen LogP contribution in [0.25, 0.3) is 10.4 Å². The van der Waals surface area contributed by atoms with Gasteiger partial charge < -0.3 is 20.2 Å². The number of ether oxygens (including phenoxy) is 1. The van der Waals surface area contributed by atoms with E-state index in [9.17, 15) is 10.3 Å². The Kier molecular flexibility index (Phi) is 5.13. The van der Waals surface area contributed by atoms with Crippen molar-refractivity contribution in [2.75, 3.05) is 6.61 Å². The molecule has 0 bridgehead atoms. The van der Waals surface area contributed by atoms with E-state index in [1.165, 1.54) is 6.21 Å². The van der Waals surface area contributed by atoms with Crippen LogP contribution in [-0.4, -0.2) is 52.1 Å². The van der Waals surface area contributed by atoms with Gasteiger partial charge in [-0.05, 0) is 5.53 Å². The molecule has 112 valence electrons. The summed E-state index contributed by atoms with van der Waals surface area (Å²) >= 11 is 0. The summed E-state index contributed by atoms with van der Waals surface area (Å²) in [4.78, 5) is 2.64. The first-order valence-electron chi connectivity index (χ1n) is 6.47. The molecule has 1 aliphatic heterocycles. The van der Waals surface area contributed by atoms with Crippen molar-refractivity contribution >= 4 is 6.21 Å². The minimum absolute atomic E-state index is 0.115. The standard InChI is InChI=1S/C13H16N4O4/c14-16-15-12-10(21-11(8-18)13(12)19)7-17(20)6-9-4-2-1-3-5-9/h1-5,7,10-13,18-19H,6,8H2/b17-7-/t10-,11-,12+,13-/m1/s1. The van der Waals surface area contributed by atoms with E-state index in [1.807, 2.05) is 30.3 Å². The topological polar surface area (TPSA) is 125 Å². The second-order valence-electron chi connectivity index (χ2n) is 4.72. The van der Waals surface area contributed by atoms with Crippen molar-refractivity contribution in [3.63, 3.8) is 0 Å². The van der Waals surface area contributed by atoms with Gasteiger partial charge in [0.05, 0.1) is 12.7 Å². The number of hydroxylamine groups is 1. The highest BCUT2D eigenvalue weighted by molar-refractivity contribution is 5.60. The maximum atomic E-state index is 11.9. The lowest BCUT2D eigenvalue weighted by molar-refractivity contribution is -0.472. The fourth-order valence-electron chi connectivity index (χ4n) is 2.23. The van der Waals surface area contributed by atoms with Gasteiger partial charge in [0.2, 0.25) is 0 Å². The molecule has 21 heavy (non-hydrogen) atoms. The van der Waals surface area contributed by atoms with E-state index in [2.05, 4.69) is 10.0 Å². The Labute approximate surface area is 121 Å². The Morgan fingerprint density at radius 1 is 1.43 bits per heavy atom. The number of nitrogens with zero attached hydrogens (tertiary/aromatic N) is 4. The summed E-state index contributed by atoms with van der Waals surface area (Å²) < 4.78 is 5.99. The first kappa shape index (κ1) is 15.3. The van der Waals surface area contributed by atoms with Gasteiger partial charge in [-0.15, -0.1) is 0 Å². The van der Waals surface area contributed by atoms with E-state index in [0.717, 1.165) is 5.56 Å². The molecule has 2 rings (SSSR count). The summed E-state index contributed by atoms with van der Waals surface area (Å²) in [6, 6.07) is 8.18. The molecule has 0 unspecified atom stereocenters. The lowest BCUT2D eigenvalue weighted by atomic mass is 10.1.